The van der Waals surface area contributed by atoms with Gasteiger partial charge in [0.25, 0.3) is 5.56 Å². The molecule has 0 aliphatic rings. The Labute approximate surface area is 158 Å². The van der Waals surface area contributed by atoms with Crippen molar-refractivity contribution in [2.75, 3.05) is 5.32 Å². The van der Waals surface area contributed by atoms with Crippen molar-refractivity contribution in [1.29, 1.82) is 5.26 Å². The van der Waals surface area contributed by atoms with Crippen LogP contribution in [-0.4, -0.2) is 14.6 Å². The van der Waals surface area contributed by atoms with Gasteiger partial charge in [-0.25, -0.2) is 4.98 Å². The second-order valence-electron chi connectivity index (χ2n) is 6.01. The summed E-state index contributed by atoms with van der Waals surface area (Å²) in [5.41, 5.74) is 2.76. The zero-order valence-electron chi connectivity index (χ0n) is 14.1. The fourth-order valence-electron chi connectivity index (χ4n) is 2.80. The number of H-pyrrole nitrogens is 1. The monoisotopic (exact) mass is 379 g/mol. The van der Waals surface area contributed by atoms with E-state index < -0.39 is 0 Å². The average Bonchev–Trinajstić information content (AvgIpc) is 3.29. The maximum Gasteiger partial charge on any atom is 0.273 e. The minimum Gasteiger partial charge on any atom is -0.472 e. The summed E-state index contributed by atoms with van der Waals surface area (Å²) in [6, 6.07) is 12.7. The van der Waals surface area contributed by atoms with E-state index >= 15 is 0 Å². The number of hydrogen-bond acceptors (Lipinski definition) is 5. The molecule has 0 bridgehead atoms. The molecule has 0 saturated heterocycles. The number of aromatic nitrogens is 3. The van der Waals surface area contributed by atoms with E-state index in [-0.39, 0.29) is 11.1 Å². The first kappa shape index (κ1) is 16.9. The molecule has 4 rings (SSSR count). The highest BCUT2D eigenvalue weighted by atomic mass is 35.5. The number of fused-ring (bicyclic) bond motifs is 1. The zero-order chi connectivity index (χ0) is 18.8. The lowest BCUT2D eigenvalue weighted by Crippen LogP contribution is -2.16. The molecule has 0 amide bonds. The van der Waals surface area contributed by atoms with Crippen LogP contribution in [0.5, 0.6) is 0 Å². The van der Waals surface area contributed by atoms with Crippen molar-refractivity contribution in [3.05, 3.63) is 86.7 Å². The highest BCUT2D eigenvalue weighted by Gasteiger charge is 2.15. The van der Waals surface area contributed by atoms with Gasteiger partial charge in [0.2, 0.25) is 0 Å². The van der Waals surface area contributed by atoms with Crippen LogP contribution >= 0.6 is 11.6 Å². The van der Waals surface area contributed by atoms with E-state index in [4.69, 9.17) is 16.0 Å². The number of hydrogen-bond donors (Lipinski definition) is 2. The van der Waals surface area contributed by atoms with Crippen LogP contribution in [0.4, 0.5) is 5.82 Å². The number of aromatic amines is 1. The summed E-state index contributed by atoms with van der Waals surface area (Å²) in [7, 11) is 0. The lowest BCUT2D eigenvalue weighted by Gasteiger charge is -2.04. The first-order valence-corrected chi connectivity index (χ1v) is 8.56. The quantitative estimate of drug-likeness (QED) is 0.554. The molecule has 7 nitrogen and oxygen atoms in total. The van der Waals surface area contributed by atoms with E-state index in [9.17, 15) is 10.1 Å². The Morgan fingerprint density at radius 1 is 1.26 bits per heavy atom. The van der Waals surface area contributed by atoms with Gasteiger partial charge in [0, 0.05) is 24.1 Å². The largest absolute Gasteiger partial charge is 0.472 e. The number of nitrogens with one attached hydrogen (secondary N) is 2. The highest BCUT2D eigenvalue weighted by Crippen LogP contribution is 2.19. The summed E-state index contributed by atoms with van der Waals surface area (Å²) in [6.07, 6.45) is 3.62. The summed E-state index contributed by atoms with van der Waals surface area (Å²) in [5, 5.41) is 16.3. The van der Waals surface area contributed by atoms with Gasteiger partial charge in [-0.1, -0.05) is 23.7 Å². The molecule has 1 aromatic carbocycles. The van der Waals surface area contributed by atoms with E-state index in [2.05, 4.69) is 21.5 Å². The van der Waals surface area contributed by atoms with Crippen LogP contribution in [0, 0.1) is 11.3 Å². The van der Waals surface area contributed by atoms with Crippen LogP contribution in [0.3, 0.4) is 0 Å². The second-order valence-corrected chi connectivity index (χ2v) is 6.44. The predicted octanol–water partition coefficient (Wildman–Crippen LogP) is 3.34. The minimum atomic E-state index is -0.283. The Bertz CT molecular complexity index is 1180. The highest BCUT2D eigenvalue weighted by molar-refractivity contribution is 6.30. The minimum absolute atomic E-state index is 0.283. The van der Waals surface area contributed by atoms with Gasteiger partial charge in [-0.15, -0.1) is 0 Å². The number of anilines is 1. The summed E-state index contributed by atoms with van der Waals surface area (Å²) < 4.78 is 6.31. The fourth-order valence-corrected chi connectivity index (χ4v) is 2.93. The summed E-state index contributed by atoms with van der Waals surface area (Å²) in [4.78, 5) is 16.9. The van der Waals surface area contributed by atoms with Gasteiger partial charge >= 0.3 is 0 Å². The van der Waals surface area contributed by atoms with Crippen LogP contribution < -0.4 is 10.9 Å². The van der Waals surface area contributed by atoms with Gasteiger partial charge in [0.15, 0.2) is 5.65 Å². The number of halogens is 1. The third-order valence-electron chi connectivity index (χ3n) is 4.13. The van der Waals surface area contributed by atoms with E-state index in [1.165, 1.54) is 10.6 Å². The first-order chi connectivity index (χ1) is 13.1. The van der Waals surface area contributed by atoms with Crippen LogP contribution in [0.1, 0.15) is 22.4 Å². The normalized spacial score (nSPS) is 10.8. The lowest BCUT2D eigenvalue weighted by molar-refractivity contribution is 0.564. The van der Waals surface area contributed by atoms with Crippen LogP contribution in [0.15, 0.2) is 58.1 Å². The van der Waals surface area contributed by atoms with E-state index in [1.54, 1.807) is 24.7 Å². The molecule has 0 radical (unpaired) electrons. The van der Waals surface area contributed by atoms with Crippen LogP contribution in [0.2, 0.25) is 5.02 Å². The number of nitriles is 1. The predicted molar refractivity (Wildman–Crippen MR) is 101 cm³/mol. The van der Waals surface area contributed by atoms with Crippen molar-refractivity contribution in [2.45, 2.75) is 13.0 Å². The van der Waals surface area contributed by atoms with Crippen molar-refractivity contribution in [2.24, 2.45) is 0 Å². The Hall–Kier alpha value is -3.50. The van der Waals surface area contributed by atoms with Crippen molar-refractivity contribution in [3.63, 3.8) is 0 Å². The van der Waals surface area contributed by atoms with Crippen LogP contribution in [0.25, 0.3) is 5.65 Å². The Morgan fingerprint density at radius 2 is 2.07 bits per heavy atom. The number of furan rings is 1. The molecule has 0 saturated carbocycles. The van der Waals surface area contributed by atoms with Crippen molar-refractivity contribution < 1.29 is 4.42 Å². The SMILES string of the molecule is N#Cc1c(NCc2ccc(Cl)cc2)[nH]n2c(=O)cc(Cc3ccoc3)nc12. The van der Waals surface area contributed by atoms with Gasteiger partial charge in [-0.05, 0) is 29.3 Å². The van der Waals surface area contributed by atoms with Gasteiger partial charge < -0.3 is 9.73 Å². The van der Waals surface area contributed by atoms with Gasteiger partial charge in [-0.3, -0.25) is 9.89 Å². The number of rotatable bonds is 5. The second kappa shape index (κ2) is 7.02. The molecule has 3 aromatic heterocycles. The average molecular weight is 380 g/mol. The standard InChI is InChI=1S/C19H14ClN5O2/c20-14-3-1-12(2-4-14)10-22-18-16(9-21)19-23-15(7-13-5-6-27-11-13)8-17(26)25(19)24-18/h1-6,8,11,22,24H,7,10H2. The smallest absolute Gasteiger partial charge is 0.273 e. The first-order valence-electron chi connectivity index (χ1n) is 8.18. The Balaban J connectivity index is 1.67. The molecular weight excluding hydrogens is 366 g/mol. The topological polar surface area (TPSA) is 99.1 Å². The van der Waals surface area contributed by atoms with Gasteiger partial charge in [-0.2, -0.15) is 9.78 Å². The summed E-state index contributed by atoms with van der Waals surface area (Å²) in [5.74, 6) is 0.442. The van der Waals surface area contributed by atoms with E-state index in [0.29, 0.717) is 35.1 Å². The third-order valence-corrected chi connectivity index (χ3v) is 4.38. The maximum atomic E-state index is 12.4. The molecule has 2 N–H and O–H groups in total. The van der Waals surface area contributed by atoms with Gasteiger partial charge in [0.1, 0.15) is 17.5 Å². The zero-order valence-corrected chi connectivity index (χ0v) is 14.8. The maximum absolute atomic E-state index is 12.4. The third kappa shape index (κ3) is 3.43. The van der Waals surface area contributed by atoms with Crippen LogP contribution in [-0.2, 0) is 13.0 Å². The van der Waals surface area contributed by atoms with Crippen molar-refractivity contribution in [1.82, 2.24) is 14.6 Å². The molecule has 0 aliphatic carbocycles. The van der Waals surface area contributed by atoms with Gasteiger partial charge in [0.05, 0.1) is 18.2 Å². The lowest BCUT2D eigenvalue weighted by atomic mass is 10.2. The molecule has 0 unspecified atom stereocenters. The fraction of sp³-hybridized carbons (Fsp3) is 0.105. The molecule has 3 heterocycles. The Kier molecular flexibility index (Phi) is 4.40. The van der Waals surface area contributed by atoms with Crippen molar-refractivity contribution >= 4 is 23.1 Å². The molecule has 27 heavy (non-hydrogen) atoms. The molecule has 0 spiro atoms. The summed E-state index contributed by atoms with van der Waals surface area (Å²) in [6.45, 7) is 0.468. The number of nitrogens with zero attached hydrogens (tertiary/aromatic N) is 3. The van der Waals surface area contributed by atoms with E-state index in [1.807, 2.05) is 18.2 Å². The molecule has 0 aliphatic heterocycles. The summed E-state index contributed by atoms with van der Waals surface area (Å²) >= 11 is 5.89. The molecule has 134 valence electrons. The number of benzene rings is 1. The molecule has 0 fully saturated rings. The molecule has 4 aromatic rings. The molecular formula is C19H14ClN5O2. The molecule has 8 heteroatoms. The molecule has 0 atom stereocenters. The Morgan fingerprint density at radius 3 is 2.78 bits per heavy atom. The van der Waals surface area contributed by atoms with Crippen molar-refractivity contribution in [3.8, 4) is 6.07 Å². The van der Waals surface area contributed by atoms with E-state index in [0.717, 1.165) is 11.1 Å².